The van der Waals surface area contributed by atoms with Crippen molar-refractivity contribution < 1.29 is 4.79 Å². The first-order valence-electron chi connectivity index (χ1n) is 9.23. The highest BCUT2D eigenvalue weighted by atomic mass is 16.2. The van der Waals surface area contributed by atoms with E-state index in [4.69, 9.17) is 0 Å². The highest BCUT2D eigenvalue weighted by Gasteiger charge is 2.24. The van der Waals surface area contributed by atoms with Crippen LogP contribution in [-0.4, -0.2) is 61.5 Å². The lowest BCUT2D eigenvalue weighted by Crippen LogP contribution is -2.47. The number of amides is 1. The maximum Gasteiger partial charge on any atom is 0.223 e. The lowest BCUT2D eigenvalue weighted by atomic mass is 9.88. The molecule has 1 heterocycles. The number of hydrogen-bond donors (Lipinski definition) is 1. The van der Waals surface area contributed by atoms with E-state index in [-0.39, 0.29) is 11.9 Å². The third-order valence-corrected chi connectivity index (χ3v) is 5.33. The Kier molecular flexibility index (Phi) is 7.16. The Bertz CT molecular complexity index is 331. The highest BCUT2D eigenvalue weighted by molar-refractivity contribution is 5.76. The van der Waals surface area contributed by atoms with Crippen molar-refractivity contribution in [2.24, 2.45) is 5.92 Å². The normalized spacial score (nSPS) is 23.4. The van der Waals surface area contributed by atoms with E-state index in [9.17, 15) is 4.79 Å². The molecule has 1 saturated heterocycles. The Labute approximate surface area is 136 Å². The average Bonchev–Trinajstić information content (AvgIpc) is 2.50. The van der Waals surface area contributed by atoms with Crippen molar-refractivity contribution in [1.82, 2.24) is 15.1 Å². The molecule has 1 atom stereocenters. The standard InChI is InChI=1S/C18H35N3O/c1-15(13-18(22)20(2)3)19-17-9-11-21(12-10-17)14-16-7-5-4-6-8-16/h15-17,19H,4-14H2,1-3H3. The third kappa shape index (κ3) is 5.88. The maximum atomic E-state index is 11.7. The molecule has 4 heteroatoms. The van der Waals surface area contributed by atoms with Crippen LogP contribution in [-0.2, 0) is 4.79 Å². The molecule has 1 aliphatic heterocycles. The Morgan fingerprint density at radius 2 is 1.77 bits per heavy atom. The summed E-state index contributed by atoms with van der Waals surface area (Å²) in [6.07, 6.45) is 10.3. The molecule has 22 heavy (non-hydrogen) atoms. The molecule has 4 nitrogen and oxygen atoms in total. The number of piperidine rings is 1. The van der Waals surface area contributed by atoms with E-state index in [0.29, 0.717) is 12.5 Å². The fraction of sp³-hybridized carbons (Fsp3) is 0.944. The summed E-state index contributed by atoms with van der Waals surface area (Å²) in [7, 11) is 3.66. The van der Waals surface area contributed by atoms with E-state index in [0.717, 1.165) is 5.92 Å². The van der Waals surface area contributed by atoms with Crippen molar-refractivity contribution in [3.8, 4) is 0 Å². The van der Waals surface area contributed by atoms with Gasteiger partial charge in [0, 0.05) is 39.1 Å². The first-order valence-corrected chi connectivity index (χ1v) is 9.23. The van der Waals surface area contributed by atoms with Crippen LogP contribution in [0.2, 0.25) is 0 Å². The second-order valence-electron chi connectivity index (χ2n) is 7.64. The lowest BCUT2D eigenvalue weighted by molar-refractivity contribution is -0.129. The summed E-state index contributed by atoms with van der Waals surface area (Å²) >= 11 is 0. The smallest absolute Gasteiger partial charge is 0.223 e. The topological polar surface area (TPSA) is 35.6 Å². The molecule has 1 unspecified atom stereocenters. The van der Waals surface area contributed by atoms with Crippen molar-refractivity contribution in [3.05, 3.63) is 0 Å². The fourth-order valence-electron chi connectivity index (χ4n) is 3.92. The van der Waals surface area contributed by atoms with Crippen LogP contribution in [0.4, 0.5) is 0 Å². The second-order valence-corrected chi connectivity index (χ2v) is 7.64. The SMILES string of the molecule is CC(CC(=O)N(C)C)NC1CCN(CC2CCCCC2)CC1. The van der Waals surface area contributed by atoms with Crippen LogP contribution < -0.4 is 5.32 Å². The lowest BCUT2D eigenvalue weighted by Gasteiger charge is -2.36. The van der Waals surface area contributed by atoms with Crippen LogP contribution >= 0.6 is 0 Å². The highest BCUT2D eigenvalue weighted by Crippen LogP contribution is 2.25. The van der Waals surface area contributed by atoms with Gasteiger partial charge in [0.05, 0.1) is 0 Å². The van der Waals surface area contributed by atoms with Crippen LogP contribution in [0, 0.1) is 5.92 Å². The number of nitrogens with one attached hydrogen (secondary N) is 1. The predicted octanol–water partition coefficient (Wildman–Crippen LogP) is 2.49. The molecule has 2 aliphatic rings. The van der Waals surface area contributed by atoms with Crippen molar-refractivity contribution in [1.29, 1.82) is 0 Å². The Hall–Kier alpha value is -0.610. The minimum absolute atomic E-state index is 0.217. The first kappa shape index (κ1) is 17.7. The summed E-state index contributed by atoms with van der Waals surface area (Å²) in [6.45, 7) is 5.90. The molecule has 1 amide bonds. The van der Waals surface area contributed by atoms with E-state index >= 15 is 0 Å². The quantitative estimate of drug-likeness (QED) is 0.819. The van der Waals surface area contributed by atoms with Gasteiger partial charge in [-0.1, -0.05) is 19.3 Å². The van der Waals surface area contributed by atoms with Gasteiger partial charge in [0.2, 0.25) is 5.91 Å². The van der Waals surface area contributed by atoms with Gasteiger partial charge < -0.3 is 15.1 Å². The van der Waals surface area contributed by atoms with E-state index in [1.807, 2.05) is 14.1 Å². The van der Waals surface area contributed by atoms with Crippen LogP contribution in [0.15, 0.2) is 0 Å². The molecule has 0 radical (unpaired) electrons. The molecule has 0 aromatic carbocycles. The molecular formula is C18H35N3O. The van der Waals surface area contributed by atoms with Crippen LogP contribution in [0.3, 0.4) is 0 Å². The first-order chi connectivity index (χ1) is 10.5. The molecule has 0 aromatic rings. The van der Waals surface area contributed by atoms with E-state index in [1.165, 1.54) is 64.6 Å². The minimum atomic E-state index is 0.217. The fourth-order valence-corrected chi connectivity index (χ4v) is 3.92. The van der Waals surface area contributed by atoms with Crippen LogP contribution in [0.25, 0.3) is 0 Å². The van der Waals surface area contributed by atoms with Gasteiger partial charge in [0.15, 0.2) is 0 Å². The van der Waals surface area contributed by atoms with Crippen molar-refractivity contribution in [2.75, 3.05) is 33.7 Å². The van der Waals surface area contributed by atoms with Crippen molar-refractivity contribution in [2.45, 2.75) is 70.4 Å². The number of carbonyl (C=O) groups excluding carboxylic acids is 1. The van der Waals surface area contributed by atoms with Gasteiger partial charge in [0.25, 0.3) is 0 Å². The monoisotopic (exact) mass is 309 g/mol. The average molecular weight is 309 g/mol. The molecule has 2 fully saturated rings. The Balaban J connectivity index is 1.63. The molecule has 2 rings (SSSR count). The number of likely N-dealkylation sites (tertiary alicyclic amines) is 1. The zero-order valence-corrected chi connectivity index (χ0v) is 14.8. The Morgan fingerprint density at radius 1 is 1.14 bits per heavy atom. The number of hydrogen-bond acceptors (Lipinski definition) is 3. The molecule has 128 valence electrons. The minimum Gasteiger partial charge on any atom is -0.349 e. The van der Waals surface area contributed by atoms with E-state index < -0.39 is 0 Å². The largest absolute Gasteiger partial charge is 0.349 e. The van der Waals surface area contributed by atoms with Crippen LogP contribution in [0.5, 0.6) is 0 Å². The summed E-state index contributed by atoms with van der Waals surface area (Å²) in [5, 5.41) is 3.65. The number of carbonyl (C=O) groups is 1. The summed E-state index contributed by atoms with van der Waals surface area (Å²) in [5.41, 5.74) is 0. The zero-order chi connectivity index (χ0) is 15.9. The molecule has 0 spiro atoms. The predicted molar refractivity (Wildman–Crippen MR) is 91.9 cm³/mol. The Morgan fingerprint density at radius 3 is 2.36 bits per heavy atom. The molecule has 1 N–H and O–H groups in total. The van der Waals surface area contributed by atoms with Gasteiger partial charge in [-0.3, -0.25) is 4.79 Å². The second kappa shape index (κ2) is 8.88. The molecule has 0 bridgehead atoms. The summed E-state index contributed by atoms with van der Waals surface area (Å²) < 4.78 is 0. The summed E-state index contributed by atoms with van der Waals surface area (Å²) in [6, 6.07) is 0.873. The molecule has 1 aliphatic carbocycles. The summed E-state index contributed by atoms with van der Waals surface area (Å²) in [5.74, 6) is 1.17. The van der Waals surface area contributed by atoms with E-state index in [1.54, 1.807) is 4.90 Å². The van der Waals surface area contributed by atoms with Gasteiger partial charge >= 0.3 is 0 Å². The number of rotatable bonds is 6. The molecule has 0 aromatic heterocycles. The third-order valence-electron chi connectivity index (χ3n) is 5.33. The van der Waals surface area contributed by atoms with E-state index in [2.05, 4.69) is 17.1 Å². The molecular weight excluding hydrogens is 274 g/mol. The number of nitrogens with zero attached hydrogens (tertiary/aromatic N) is 2. The van der Waals surface area contributed by atoms with Crippen molar-refractivity contribution in [3.63, 3.8) is 0 Å². The maximum absolute atomic E-state index is 11.7. The van der Waals surface area contributed by atoms with Gasteiger partial charge in [-0.15, -0.1) is 0 Å². The van der Waals surface area contributed by atoms with Gasteiger partial charge in [0.1, 0.15) is 0 Å². The van der Waals surface area contributed by atoms with Gasteiger partial charge in [-0.25, -0.2) is 0 Å². The van der Waals surface area contributed by atoms with Crippen molar-refractivity contribution >= 4 is 5.91 Å². The summed E-state index contributed by atoms with van der Waals surface area (Å²) in [4.78, 5) is 16.1. The van der Waals surface area contributed by atoms with Gasteiger partial charge in [-0.2, -0.15) is 0 Å². The van der Waals surface area contributed by atoms with Gasteiger partial charge in [-0.05, 0) is 51.6 Å². The van der Waals surface area contributed by atoms with Crippen LogP contribution in [0.1, 0.15) is 58.3 Å². The molecule has 1 saturated carbocycles. The zero-order valence-electron chi connectivity index (χ0n) is 14.8.